The van der Waals surface area contributed by atoms with Crippen LogP contribution in [-0.4, -0.2) is 5.17 Å². The lowest BCUT2D eigenvalue weighted by Gasteiger charge is -2.21. The Hall–Kier alpha value is 0.280. The van der Waals surface area contributed by atoms with Gasteiger partial charge in [-0.3, -0.25) is 0 Å². The highest BCUT2D eigenvalue weighted by Gasteiger charge is 2.36. The number of fused-ring (bicyclic) bond motifs is 1. The second-order valence-corrected chi connectivity index (χ2v) is 4.37. The van der Waals surface area contributed by atoms with Crippen LogP contribution in [-0.2, 0) is 0 Å². The summed E-state index contributed by atoms with van der Waals surface area (Å²) in [5.74, 6) is 0.672. The molecule has 2 atom stereocenters. The summed E-state index contributed by atoms with van der Waals surface area (Å²) in [5.41, 5.74) is 0. The quantitative estimate of drug-likeness (QED) is 0.556. The van der Waals surface area contributed by atoms with E-state index >= 15 is 0 Å². The molecule has 0 bridgehead atoms. The molecule has 2 aliphatic rings. The van der Waals surface area contributed by atoms with Crippen molar-refractivity contribution in [3.8, 4) is 0 Å². The Kier molecular flexibility index (Phi) is 2.37. The summed E-state index contributed by atoms with van der Waals surface area (Å²) >= 11 is 17.8. The Morgan fingerprint density at radius 3 is 2.50 bits per heavy atom. The van der Waals surface area contributed by atoms with Crippen molar-refractivity contribution in [1.29, 1.82) is 0 Å². The van der Waals surface area contributed by atoms with Gasteiger partial charge in [-0.05, 0) is 12.8 Å². The van der Waals surface area contributed by atoms with E-state index in [2.05, 4.69) is 4.99 Å². The van der Waals surface area contributed by atoms with Crippen molar-refractivity contribution in [2.75, 3.05) is 0 Å². The molecule has 0 aromatic rings. The molecule has 1 aliphatic heterocycles. The van der Waals surface area contributed by atoms with E-state index in [1.165, 1.54) is 6.42 Å². The maximum absolute atomic E-state index is 6.02. The molecule has 0 N–H and O–H groups in total. The molecule has 1 saturated carbocycles. The minimum atomic E-state index is 0.335. The van der Waals surface area contributed by atoms with Gasteiger partial charge in [0.1, 0.15) is 10.3 Å². The Bertz CT molecular complexity index is 269. The average Bonchev–Trinajstić information content (AvgIpc) is 2.48. The zero-order chi connectivity index (χ0) is 8.72. The van der Waals surface area contributed by atoms with Crippen LogP contribution in [0.3, 0.4) is 0 Å². The number of nitrogens with zero attached hydrogens (tertiary/aromatic N) is 1. The van der Waals surface area contributed by atoms with E-state index in [1.54, 1.807) is 0 Å². The van der Waals surface area contributed by atoms with Gasteiger partial charge >= 0.3 is 0 Å². The fourth-order valence-electron chi connectivity index (χ4n) is 1.93. The van der Waals surface area contributed by atoms with Crippen molar-refractivity contribution >= 4 is 40.0 Å². The van der Waals surface area contributed by atoms with Crippen LogP contribution < -0.4 is 0 Å². The maximum Gasteiger partial charge on any atom is 0.145 e. The molecule has 2 rings (SSSR count). The van der Waals surface area contributed by atoms with Crippen molar-refractivity contribution < 1.29 is 0 Å². The lowest BCUT2D eigenvalue weighted by Crippen LogP contribution is -2.19. The Balaban J connectivity index is 2.38. The van der Waals surface area contributed by atoms with Gasteiger partial charge in [0.05, 0.1) is 5.03 Å². The zero-order valence-electron chi connectivity index (χ0n) is 6.36. The molecule has 0 aromatic carbocycles. The van der Waals surface area contributed by atoms with E-state index in [-0.39, 0.29) is 0 Å². The first-order chi connectivity index (χ1) is 5.70. The SMILES string of the molecule is ClC1=NC(Cl)=C(Cl)[C@H]2CCC[C@@H]12. The lowest BCUT2D eigenvalue weighted by molar-refractivity contribution is 0.574. The first kappa shape index (κ1) is 8.86. The van der Waals surface area contributed by atoms with Crippen molar-refractivity contribution in [2.24, 2.45) is 16.8 Å². The number of allylic oxidation sites excluding steroid dienone is 1. The molecule has 1 aliphatic carbocycles. The number of hydrogen-bond donors (Lipinski definition) is 0. The molecule has 0 aromatic heterocycles. The zero-order valence-corrected chi connectivity index (χ0v) is 8.62. The second kappa shape index (κ2) is 3.21. The normalized spacial score (nSPS) is 35.1. The summed E-state index contributed by atoms with van der Waals surface area (Å²) in [6.07, 6.45) is 3.35. The summed E-state index contributed by atoms with van der Waals surface area (Å²) in [6, 6.07) is 0. The van der Waals surface area contributed by atoms with E-state index < -0.39 is 0 Å². The molecule has 1 nitrogen and oxygen atoms in total. The molecular formula is C8H8Cl3N. The number of rotatable bonds is 0. The van der Waals surface area contributed by atoms with Crippen molar-refractivity contribution in [2.45, 2.75) is 19.3 Å². The smallest absolute Gasteiger partial charge is 0.145 e. The van der Waals surface area contributed by atoms with Gasteiger partial charge < -0.3 is 0 Å². The van der Waals surface area contributed by atoms with Gasteiger partial charge in [-0.2, -0.15) is 0 Å². The first-order valence-corrected chi connectivity index (χ1v) is 5.13. The van der Waals surface area contributed by atoms with Gasteiger partial charge in [-0.15, -0.1) is 0 Å². The van der Waals surface area contributed by atoms with E-state index in [0.29, 0.717) is 27.2 Å². The third-order valence-electron chi connectivity index (χ3n) is 2.55. The molecule has 1 heterocycles. The molecule has 12 heavy (non-hydrogen) atoms. The van der Waals surface area contributed by atoms with Crippen LogP contribution in [0, 0.1) is 11.8 Å². The third-order valence-corrected chi connectivity index (χ3v) is 3.76. The van der Waals surface area contributed by atoms with E-state index in [0.717, 1.165) is 12.8 Å². The number of aliphatic imine (C=N–C) groups is 1. The Morgan fingerprint density at radius 2 is 1.75 bits per heavy atom. The second-order valence-electron chi connectivity index (χ2n) is 3.22. The molecule has 0 amide bonds. The Morgan fingerprint density at radius 1 is 1.08 bits per heavy atom. The van der Waals surface area contributed by atoms with Crippen molar-refractivity contribution in [1.82, 2.24) is 0 Å². The van der Waals surface area contributed by atoms with Crippen LogP contribution in [0.4, 0.5) is 0 Å². The minimum absolute atomic E-state index is 0.335. The topological polar surface area (TPSA) is 12.4 Å². The summed E-state index contributed by atoms with van der Waals surface area (Å²) < 4.78 is 0. The predicted octanol–water partition coefficient (Wildman–Crippen LogP) is 3.70. The average molecular weight is 225 g/mol. The molecule has 0 saturated heterocycles. The fourth-order valence-corrected chi connectivity index (χ4v) is 2.86. The third kappa shape index (κ3) is 1.28. The van der Waals surface area contributed by atoms with Crippen LogP contribution in [0.5, 0.6) is 0 Å². The van der Waals surface area contributed by atoms with E-state index in [1.807, 2.05) is 0 Å². The standard InChI is InChI=1S/C8H8Cl3N/c9-6-4-2-1-3-5(4)7(10)12-8(6)11/h4-5H,1-3H2/t4-,5+/m0/s1. The van der Waals surface area contributed by atoms with Gasteiger partial charge in [-0.25, -0.2) is 4.99 Å². The van der Waals surface area contributed by atoms with Crippen LogP contribution in [0.15, 0.2) is 15.2 Å². The largest absolute Gasteiger partial charge is 0.227 e. The highest BCUT2D eigenvalue weighted by Crippen LogP contribution is 2.45. The van der Waals surface area contributed by atoms with Crippen molar-refractivity contribution in [3.63, 3.8) is 0 Å². The molecule has 4 heteroatoms. The molecule has 0 unspecified atom stereocenters. The van der Waals surface area contributed by atoms with Gasteiger partial charge in [0, 0.05) is 11.8 Å². The van der Waals surface area contributed by atoms with Gasteiger partial charge in [-0.1, -0.05) is 41.2 Å². The minimum Gasteiger partial charge on any atom is -0.227 e. The first-order valence-electron chi connectivity index (χ1n) is 3.99. The highest BCUT2D eigenvalue weighted by atomic mass is 35.5. The van der Waals surface area contributed by atoms with Crippen LogP contribution >= 0.6 is 34.8 Å². The summed E-state index contributed by atoms with van der Waals surface area (Å²) in [4.78, 5) is 4.00. The summed E-state index contributed by atoms with van der Waals surface area (Å²) in [7, 11) is 0. The maximum atomic E-state index is 6.02. The molecule has 66 valence electrons. The van der Waals surface area contributed by atoms with Crippen LogP contribution in [0.25, 0.3) is 0 Å². The van der Waals surface area contributed by atoms with Gasteiger partial charge in [0.25, 0.3) is 0 Å². The number of hydrogen-bond acceptors (Lipinski definition) is 1. The highest BCUT2D eigenvalue weighted by molar-refractivity contribution is 6.66. The summed E-state index contributed by atoms with van der Waals surface area (Å²) in [5, 5.41) is 1.71. The monoisotopic (exact) mass is 223 g/mol. The number of halogens is 3. The lowest BCUT2D eigenvalue weighted by atomic mass is 9.95. The molecular weight excluding hydrogens is 216 g/mol. The van der Waals surface area contributed by atoms with Gasteiger partial charge in [0.15, 0.2) is 0 Å². The Labute approximate surface area is 86.4 Å². The molecule has 0 radical (unpaired) electrons. The molecule has 1 fully saturated rings. The molecule has 0 spiro atoms. The van der Waals surface area contributed by atoms with E-state index in [4.69, 9.17) is 34.8 Å². The predicted molar refractivity (Wildman–Crippen MR) is 52.9 cm³/mol. The van der Waals surface area contributed by atoms with Crippen LogP contribution in [0.1, 0.15) is 19.3 Å². The van der Waals surface area contributed by atoms with Crippen LogP contribution in [0.2, 0.25) is 0 Å². The van der Waals surface area contributed by atoms with Gasteiger partial charge in [0.2, 0.25) is 0 Å². The van der Waals surface area contributed by atoms with Crippen molar-refractivity contribution in [3.05, 3.63) is 10.2 Å². The fraction of sp³-hybridized carbons (Fsp3) is 0.625. The van der Waals surface area contributed by atoms with E-state index in [9.17, 15) is 0 Å². The summed E-state index contributed by atoms with van der Waals surface area (Å²) in [6.45, 7) is 0.